The Morgan fingerprint density at radius 1 is 1.12 bits per heavy atom. The molecule has 0 bridgehead atoms. The van der Waals surface area contributed by atoms with Crippen molar-refractivity contribution in [1.29, 1.82) is 0 Å². The van der Waals surface area contributed by atoms with Crippen molar-refractivity contribution < 1.29 is 19.4 Å². The van der Waals surface area contributed by atoms with Crippen LogP contribution in [0, 0.1) is 6.92 Å². The molecule has 0 aliphatic carbocycles. The number of aryl methyl sites for hydroxylation is 2. The highest BCUT2D eigenvalue weighted by molar-refractivity contribution is 6.11. The van der Waals surface area contributed by atoms with Crippen molar-refractivity contribution in [2.45, 2.75) is 20.4 Å². The molecule has 8 heteroatoms. The quantitative estimate of drug-likeness (QED) is 0.450. The Morgan fingerprint density at radius 2 is 1.84 bits per heavy atom. The lowest BCUT2D eigenvalue weighted by atomic mass is 10.0. The number of nitrogens with zero attached hydrogens (tertiary/aromatic N) is 2. The molecule has 2 aromatic heterocycles. The third kappa shape index (κ3) is 3.60. The van der Waals surface area contributed by atoms with Crippen LogP contribution in [0.15, 0.2) is 47.4 Å². The molecule has 0 radical (unpaired) electrons. The first-order chi connectivity index (χ1) is 15.4. The fourth-order valence-electron chi connectivity index (χ4n) is 3.67. The van der Waals surface area contributed by atoms with Crippen LogP contribution in [0.1, 0.15) is 28.4 Å². The number of ether oxygens (including phenoxy) is 2. The van der Waals surface area contributed by atoms with Crippen molar-refractivity contribution in [3.05, 3.63) is 69.6 Å². The fraction of sp³-hybridized carbons (Fsp3) is 0.208. The minimum Gasteiger partial charge on any atom is -0.507 e. The lowest BCUT2D eigenvalue weighted by Crippen LogP contribution is -2.11. The maximum atomic E-state index is 13.1. The molecule has 0 spiro atoms. The first kappa shape index (κ1) is 21.2. The van der Waals surface area contributed by atoms with E-state index < -0.39 is 0 Å². The average molecular weight is 433 g/mol. The molecule has 0 amide bonds. The van der Waals surface area contributed by atoms with Gasteiger partial charge in [0.15, 0.2) is 23.1 Å². The Kier molecular flexibility index (Phi) is 5.44. The molecule has 4 aromatic rings. The van der Waals surface area contributed by atoms with E-state index in [0.717, 1.165) is 5.56 Å². The van der Waals surface area contributed by atoms with Crippen LogP contribution >= 0.6 is 0 Å². The van der Waals surface area contributed by atoms with Crippen LogP contribution < -0.4 is 15.0 Å². The number of aromatic nitrogens is 3. The van der Waals surface area contributed by atoms with E-state index in [0.29, 0.717) is 46.0 Å². The van der Waals surface area contributed by atoms with Crippen molar-refractivity contribution in [3.8, 4) is 28.8 Å². The number of fused-ring (bicyclic) bond motifs is 1. The third-order valence-corrected chi connectivity index (χ3v) is 5.35. The molecule has 0 aliphatic rings. The Balaban J connectivity index is 1.85. The summed E-state index contributed by atoms with van der Waals surface area (Å²) in [5.41, 5.74) is 2.16. The van der Waals surface area contributed by atoms with E-state index in [1.54, 1.807) is 36.5 Å². The molecule has 0 saturated heterocycles. The first-order valence-electron chi connectivity index (χ1n) is 10.1. The van der Waals surface area contributed by atoms with Crippen LogP contribution in [0.2, 0.25) is 0 Å². The average Bonchev–Trinajstić information content (AvgIpc) is 3.23. The minimum atomic E-state index is -0.334. The van der Waals surface area contributed by atoms with Gasteiger partial charge in [-0.2, -0.15) is 0 Å². The molecular weight excluding hydrogens is 410 g/mol. The van der Waals surface area contributed by atoms with Gasteiger partial charge >= 0.3 is 0 Å². The normalized spacial score (nSPS) is 11.0. The van der Waals surface area contributed by atoms with Crippen LogP contribution in [0.4, 0.5) is 0 Å². The van der Waals surface area contributed by atoms with Gasteiger partial charge in [-0.3, -0.25) is 9.59 Å². The highest BCUT2D eigenvalue weighted by Gasteiger charge is 2.20. The number of methoxy groups -OCH3 is 2. The Morgan fingerprint density at radius 3 is 2.53 bits per heavy atom. The van der Waals surface area contributed by atoms with Crippen LogP contribution in [-0.2, 0) is 6.54 Å². The predicted octanol–water partition coefficient (Wildman–Crippen LogP) is 3.67. The summed E-state index contributed by atoms with van der Waals surface area (Å²) in [7, 11) is 3.01. The van der Waals surface area contributed by atoms with Gasteiger partial charge in [0.05, 0.1) is 36.4 Å². The van der Waals surface area contributed by atoms with Crippen molar-refractivity contribution in [3.63, 3.8) is 0 Å². The van der Waals surface area contributed by atoms with E-state index >= 15 is 0 Å². The van der Waals surface area contributed by atoms with Gasteiger partial charge in [-0.15, -0.1) is 0 Å². The molecular formula is C24H23N3O5. The number of phenols is 1. The second kappa shape index (κ2) is 8.22. The molecule has 2 aromatic carbocycles. The zero-order chi connectivity index (χ0) is 23.0. The number of carbonyl (C=O) groups is 1. The molecule has 0 saturated carbocycles. The molecule has 0 aliphatic heterocycles. The van der Waals surface area contributed by atoms with Crippen LogP contribution in [-0.4, -0.2) is 39.6 Å². The van der Waals surface area contributed by atoms with Crippen molar-refractivity contribution in [2.24, 2.45) is 0 Å². The molecule has 32 heavy (non-hydrogen) atoms. The molecule has 2 heterocycles. The number of aromatic hydroxyl groups is 1. The highest BCUT2D eigenvalue weighted by Crippen LogP contribution is 2.31. The lowest BCUT2D eigenvalue weighted by molar-refractivity contribution is 0.103. The SMILES string of the molecule is CCn1cc(C(=O)c2cc(C)ccc2O)cc1-c1nc2cc(OC)c(OC)cc2c(=O)[nH]1. The first-order valence-corrected chi connectivity index (χ1v) is 10.1. The number of H-pyrrole nitrogens is 1. The van der Waals surface area contributed by atoms with Crippen LogP contribution in [0.3, 0.4) is 0 Å². The summed E-state index contributed by atoms with van der Waals surface area (Å²) in [5.74, 6) is 0.825. The second-order valence-electron chi connectivity index (χ2n) is 7.39. The lowest BCUT2D eigenvalue weighted by Gasteiger charge is -2.10. The number of phenolic OH excluding ortho intramolecular Hbond substituents is 1. The summed E-state index contributed by atoms with van der Waals surface area (Å²) in [6, 6.07) is 9.78. The van der Waals surface area contributed by atoms with E-state index in [2.05, 4.69) is 9.97 Å². The Labute approximate surface area is 184 Å². The molecule has 2 N–H and O–H groups in total. The van der Waals surface area contributed by atoms with E-state index in [4.69, 9.17) is 9.47 Å². The number of aromatic amines is 1. The number of hydrogen-bond donors (Lipinski definition) is 2. The topological polar surface area (TPSA) is 106 Å². The van der Waals surface area contributed by atoms with Crippen molar-refractivity contribution >= 4 is 16.7 Å². The number of carbonyl (C=O) groups excluding carboxylic acids is 1. The zero-order valence-corrected chi connectivity index (χ0v) is 18.2. The molecule has 0 atom stereocenters. The van der Waals surface area contributed by atoms with E-state index in [9.17, 15) is 14.7 Å². The van der Waals surface area contributed by atoms with Gasteiger partial charge in [-0.1, -0.05) is 11.6 Å². The summed E-state index contributed by atoms with van der Waals surface area (Å²) < 4.78 is 12.4. The fourth-order valence-corrected chi connectivity index (χ4v) is 3.67. The highest BCUT2D eigenvalue weighted by atomic mass is 16.5. The van der Waals surface area contributed by atoms with E-state index in [1.807, 2.05) is 18.4 Å². The monoisotopic (exact) mass is 433 g/mol. The standard InChI is InChI=1S/C24H23N3O5/c1-5-27-12-14(22(29)16-8-13(2)6-7-19(16)28)9-18(27)23-25-17-11-21(32-4)20(31-3)10-15(17)24(30)26-23/h6-12,28H,5H2,1-4H3,(H,25,26,30). The van der Waals surface area contributed by atoms with Gasteiger partial charge in [0.1, 0.15) is 5.75 Å². The number of benzene rings is 2. The molecule has 4 rings (SSSR count). The zero-order valence-electron chi connectivity index (χ0n) is 18.2. The van der Waals surface area contributed by atoms with Crippen LogP contribution in [0.25, 0.3) is 22.4 Å². The summed E-state index contributed by atoms with van der Waals surface area (Å²) in [5, 5.41) is 10.5. The molecule has 164 valence electrons. The number of hydrogen-bond acceptors (Lipinski definition) is 6. The summed E-state index contributed by atoms with van der Waals surface area (Å²) in [4.78, 5) is 33.3. The molecule has 0 fully saturated rings. The predicted molar refractivity (Wildman–Crippen MR) is 121 cm³/mol. The van der Waals surface area contributed by atoms with Crippen molar-refractivity contribution in [2.75, 3.05) is 14.2 Å². The van der Waals surface area contributed by atoms with E-state index in [1.165, 1.54) is 20.3 Å². The number of rotatable bonds is 6. The van der Waals surface area contributed by atoms with Gasteiger partial charge in [0, 0.05) is 24.4 Å². The third-order valence-electron chi connectivity index (χ3n) is 5.35. The maximum absolute atomic E-state index is 13.1. The van der Waals surface area contributed by atoms with Gasteiger partial charge in [-0.05, 0) is 38.1 Å². The van der Waals surface area contributed by atoms with Gasteiger partial charge in [0.2, 0.25) is 0 Å². The van der Waals surface area contributed by atoms with Gasteiger partial charge in [0.25, 0.3) is 5.56 Å². The maximum Gasteiger partial charge on any atom is 0.259 e. The summed E-state index contributed by atoms with van der Waals surface area (Å²) in [6.07, 6.45) is 1.69. The van der Waals surface area contributed by atoms with Gasteiger partial charge in [-0.25, -0.2) is 4.98 Å². The van der Waals surface area contributed by atoms with Crippen LogP contribution in [0.5, 0.6) is 17.2 Å². The summed E-state index contributed by atoms with van der Waals surface area (Å²) in [6.45, 7) is 4.33. The minimum absolute atomic E-state index is 0.0790. The smallest absolute Gasteiger partial charge is 0.259 e. The Bertz CT molecular complexity index is 1400. The molecule has 0 unspecified atom stereocenters. The Hall–Kier alpha value is -4.07. The van der Waals surface area contributed by atoms with Gasteiger partial charge < -0.3 is 24.1 Å². The second-order valence-corrected chi connectivity index (χ2v) is 7.39. The summed E-state index contributed by atoms with van der Waals surface area (Å²) >= 11 is 0. The van der Waals surface area contributed by atoms with Crippen molar-refractivity contribution in [1.82, 2.24) is 14.5 Å². The molecule has 8 nitrogen and oxygen atoms in total. The number of nitrogens with one attached hydrogen (secondary N) is 1. The number of ketones is 1. The largest absolute Gasteiger partial charge is 0.507 e. The van der Waals surface area contributed by atoms with E-state index in [-0.39, 0.29) is 22.7 Å².